The lowest BCUT2D eigenvalue weighted by molar-refractivity contribution is 0.0966. The Morgan fingerprint density at radius 3 is 2.41 bits per heavy atom. The summed E-state index contributed by atoms with van der Waals surface area (Å²) in [6.45, 7) is 6.49. The van der Waals surface area contributed by atoms with Gasteiger partial charge in [-0.15, -0.1) is 0 Å². The van der Waals surface area contributed by atoms with Crippen LogP contribution in [-0.4, -0.2) is 19.9 Å². The van der Waals surface area contributed by atoms with E-state index < -0.39 is 0 Å². The predicted molar refractivity (Wildman–Crippen MR) is 73.8 cm³/mol. The van der Waals surface area contributed by atoms with Gasteiger partial charge < -0.3 is 4.90 Å². The molecule has 1 aromatic rings. The minimum atomic E-state index is 0.217. The van der Waals surface area contributed by atoms with E-state index in [0.717, 1.165) is 17.7 Å². The van der Waals surface area contributed by atoms with Crippen LogP contribution in [0.2, 0.25) is 0 Å². The molecule has 0 atom stereocenters. The van der Waals surface area contributed by atoms with Gasteiger partial charge in [-0.1, -0.05) is 32.9 Å². The number of benzene rings is 1. The molecule has 0 aliphatic heterocycles. The van der Waals surface area contributed by atoms with Gasteiger partial charge in [0.25, 0.3) is 0 Å². The molecule has 0 amide bonds. The van der Waals surface area contributed by atoms with Gasteiger partial charge in [0.15, 0.2) is 5.78 Å². The summed E-state index contributed by atoms with van der Waals surface area (Å²) in [7, 11) is 3.97. The maximum Gasteiger partial charge on any atom is 0.162 e. The molecular weight excluding hydrogens is 210 g/mol. The first-order valence-corrected chi connectivity index (χ1v) is 6.10. The fourth-order valence-electron chi connectivity index (χ4n) is 1.59. The highest BCUT2D eigenvalue weighted by Gasteiger charge is 2.14. The standard InChI is InChI=1S/C15H23NO/c1-15(2,3)10-9-14(17)12-7-6-8-13(11-12)16(4)5/h6-8,11H,9-10H2,1-5H3. The lowest BCUT2D eigenvalue weighted by Crippen LogP contribution is -2.11. The molecule has 0 heterocycles. The van der Waals surface area contributed by atoms with Crippen molar-refractivity contribution in [1.82, 2.24) is 0 Å². The fraction of sp³-hybridized carbons (Fsp3) is 0.533. The van der Waals surface area contributed by atoms with Crippen molar-refractivity contribution < 1.29 is 4.79 Å². The molecule has 0 aliphatic carbocycles. The number of carbonyl (C=O) groups is 1. The zero-order valence-electron chi connectivity index (χ0n) is 11.6. The van der Waals surface area contributed by atoms with Crippen LogP contribution in [-0.2, 0) is 0 Å². The number of Topliss-reactive ketones (excluding diaryl/α,β-unsaturated/α-hetero) is 1. The van der Waals surface area contributed by atoms with Gasteiger partial charge >= 0.3 is 0 Å². The summed E-state index contributed by atoms with van der Waals surface area (Å²) in [5, 5.41) is 0. The van der Waals surface area contributed by atoms with Gasteiger partial charge in [-0.05, 0) is 24.0 Å². The average Bonchev–Trinajstić information content (AvgIpc) is 2.25. The van der Waals surface area contributed by atoms with Crippen LogP contribution in [0.15, 0.2) is 24.3 Å². The van der Waals surface area contributed by atoms with E-state index in [2.05, 4.69) is 20.8 Å². The Bertz CT molecular complexity index is 388. The molecule has 0 saturated carbocycles. The molecule has 0 spiro atoms. The second-order valence-corrected chi connectivity index (χ2v) is 5.93. The highest BCUT2D eigenvalue weighted by Crippen LogP contribution is 2.23. The van der Waals surface area contributed by atoms with Gasteiger partial charge in [0, 0.05) is 31.8 Å². The molecule has 94 valence electrons. The normalized spacial score (nSPS) is 11.4. The molecule has 1 aromatic carbocycles. The molecule has 0 aliphatic rings. The van der Waals surface area contributed by atoms with Crippen LogP contribution in [0.4, 0.5) is 5.69 Å². The van der Waals surface area contributed by atoms with E-state index in [0.29, 0.717) is 6.42 Å². The Hall–Kier alpha value is -1.31. The summed E-state index contributed by atoms with van der Waals surface area (Å²) in [6, 6.07) is 7.82. The summed E-state index contributed by atoms with van der Waals surface area (Å²) in [4.78, 5) is 14.1. The van der Waals surface area contributed by atoms with E-state index in [9.17, 15) is 4.79 Å². The van der Waals surface area contributed by atoms with Crippen LogP contribution < -0.4 is 4.90 Å². The van der Waals surface area contributed by atoms with Crippen molar-refractivity contribution in [2.24, 2.45) is 5.41 Å². The van der Waals surface area contributed by atoms with E-state index >= 15 is 0 Å². The smallest absolute Gasteiger partial charge is 0.162 e. The molecule has 0 radical (unpaired) electrons. The molecular formula is C15H23NO. The van der Waals surface area contributed by atoms with E-state index in [-0.39, 0.29) is 11.2 Å². The fourth-order valence-corrected chi connectivity index (χ4v) is 1.59. The molecule has 0 saturated heterocycles. The van der Waals surface area contributed by atoms with Crippen LogP contribution in [0.5, 0.6) is 0 Å². The van der Waals surface area contributed by atoms with Crippen LogP contribution >= 0.6 is 0 Å². The van der Waals surface area contributed by atoms with Crippen molar-refractivity contribution in [1.29, 1.82) is 0 Å². The third kappa shape index (κ3) is 4.59. The first-order chi connectivity index (χ1) is 7.79. The van der Waals surface area contributed by atoms with Crippen LogP contribution in [0.1, 0.15) is 44.0 Å². The topological polar surface area (TPSA) is 20.3 Å². The van der Waals surface area contributed by atoms with E-state index in [1.54, 1.807) is 0 Å². The van der Waals surface area contributed by atoms with Crippen molar-refractivity contribution in [3.05, 3.63) is 29.8 Å². The second kappa shape index (κ2) is 5.35. The van der Waals surface area contributed by atoms with E-state index in [1.165, 1.54) is 0 Å². The molecule has 17 heavy (non-hydrogen) atoms. The molecule has 1 rings (SSSR count). The maximum absolute atomic E-state index is 12.0. The van der Waals surface area contributed by atoms with Gasteiger partial charge in [0.05, 0.1) is 0 Å². The van der Waals surface area contributed by atoms with E-state index in [1.807, 2.05) is 43.3 Å². The Morgan fingerprint density at radius 2 is 1.88 bits per heavy atom. The highest BCUT2D eigenvalue weighted by atomic mass is 16.1. The van der Waals surface area contributed by atoms with Crippen molar-refractivity contribution in [2.45, 2.75) is 33.6 Å². The Balaban J connectivity index is 2.72. The number of carbonyl (C=O) groups excluding carboxylic acids is 1. The van der Waals surface area contributed by atoms with Crippen molar-refractivity contribution in [2.75, 3.05) is 19.0 Å². The largest absolute Gasteiger partial charge is 0.378 e. The minimum absolute atomic E-state index is 0.217. The van der Waals surface area contributed by atoms with Gasteiger partial charge in [0.2, 0.25) is 0 Å². The zero-order valence-corrected chi connectivity index (χ0v) is 11.6. The third-order valence-corrected chi connectivity index (χ3v) is 2.79. The minimum Gasteiger partial charge on any atom is -0.378 e. The number of rotatable bonds is 4. The molecule has 2 nitrogen and oxygen atoms in total. The summed E-state index contributed by atoms with van der Waals surface area (Å²) in [5.74, 6) is 0.239. The number of nitrogens with zero attached hydrogens (tertiary/aromatic N) is 1. The Morgan fingerprint density at radius 1 is 1.24 bits per heavy atom. The first-order valence-electron chi connectivity index (χ1n) is 6.10. The molecule has 0 fully saturated rings. The predicted octanol–water partition coefficient (Wildman–Crippen LogP) is 3.76. The summed E-state index contributed by atoms with van der Waals surface area (Å²) in [6.07, 6.45) is 1.55. The Kier molecular flexibility index (Phi) is 4.33. The second-order valence-electron chi connectivity index (χ2n) is 5.93. The van der Waals surface area contributed by atoms with Gasteiger partial charge in [-0.25, -0.2) is 0 Å². The summed E-state index contributed by atoms with van der Waals surface area (Å²) >= 11 is 0. The highest BCUT2D eigenvalue weighted by molar-refractivity contribution is 5.96. The monoisotopic (exact) mass is 233 g/mol. The van der Waals surface area contributed by atoms with Crippen LogP contribution in [0.3, 0.4) is 0 Å². The maximum atomic E-state index is 12.0. The van der Waals surface area contributed by atoms with Crippen molar-refractivity contribution in [3.8, 4) is 0 Å². The molecule has 0 bridgehead atoms. The number of ketones is 1. The average molecular weight is 233 g/mol. The van der Waals surface area contributed by atoms with E-state index in [4.69, 9.17) is 0 Å². The third-order valence-electron chi connectivity index (χ3n) is 2.79. The van der Waals surface area contributed by atoms with Crippen molar-refractivity contribution >= 4 is 11.5 Å². The van der Waals surface area contributed by atoms with Gasteiger partial charge in [-0.3, -0.25) is 4.79 Å². The molecule has 0 aromatic heterocycles. The quantitative estimate of drug-likeness (QED) is 0.738. The number of hydrogen-bond donors (Lipinski definition) is 0. The molecule has 0 N–H and O–H groups in total. The lowest BCUT2D eigenvalue weighted by Gasteiger charge is -2.17. The summed E-state index contributed by atoms with van der Waals surface area (Å²) < 4.78 is 0. The van der Waals surface area contributed by atoms with Gasteiger partial charge in [-0.2, -0.15) is 0 Å². The van der Waals surface area contributed by atoms with Crippen molar-refractivity contribution in [3.63, 3.8) is 0 Å². The molecule has 0 unspecified atom stereocenters. The number of anilines is 1. The zero-order chi connectivity index (χ0) is 13.1. The van der Waals surface area contributed by atoms with Crippen LogP contribution in [0, 0.1) is 5.41 Å². The first kappa shape index (κ1) is 13.8. The molecule has 2 heteroatoms. The van der Waals surface area contributed by atoms with Gasteiger partial charge in [0.1, 0.15) is 0 Å². The van der Waals surface area contributed by atoms with Crippen LogP contribution in [0.25, 0.3) is 0 Å². The Labute approximate surface area is 105 Å². The summed E-state index contributed by atoms with van der Waals surface area (Å²) in [5.41, 5.74) is 2.11. The lowest BCUT2D eigenvalue weighted by atomic mass is 9.88. The number of hydrogen-bond acceptors (Lipinski definition) is 2. The SMILES string of the molecule is CN(C)c1cccc(C(=O)CCC(C)(C)C)c1.